The fourth-order valence-corrected chi connectivity index (χ4v) is 4.36. The maximum Gasteiger partial charge on any atom is 0.416 e. The number of cyclic esters (lactones) is 1. The number of hydrogen-bond donors (Lipinski definition) is 0. The normalized spacial score (nSPS) is 16.2. The van der Waals surface area contributed by atoms with Gasteiger partial charge in [0.25, 0.3) is 6.43 Å². The van der Waals surface area contributed by atoms with Crippen molar-refractivity contribution in [2.75, 3.05) is 6.54 Å². The molecule has 35 heavy (non-hydrogen) atoms. The van der Waals surface area contributed by atoms with E-state index in [1.807, 2.05) is 32.0 Å². The smallest absolute Gasteiger partial charge is 0.416 e. The van der Waals surface area contributed by atoms with Crippen molar-refractivity contribution in [2.24, 2.45) is 0 Å². The molecule has 3 aromatic rings. The van der Waals surface area contributed by atoms with Crippen LogP contribution in [0.25, 0.3) is 11.1 Å². The molecule has 1 saturated heterocycles. The van der Waals surface area contributed by atoms with E-state index in [-0.39, 0.29) is 24.2 Å². The molecule has 0 spiro atoms. The molecule has 4 rings (SSSR count). The summed E-state index contributed by atoms with van der Waals surface area (Å²) in [4.78, 5) is 14.1. The van der Waals surface area contributed by atoms with Crippen LogP contribution in [0.2, 0.25) is 0 Å². The number of rotatable bonds is 5. The Balaban J connectivity index is 1.64. The topological polar surface area (TPSA) is 29.5 Å². The predicted molar refractivity (Wildman–Crippen MR) is 122 cm³/mol. The minimum absolute atomic E-state index is 0.0724. The Labute approximate surface area is 200 Å². The average molecular weight is 489 g/mol. The second-order valence-corrected chi connectivity index (χ2v) is 8.92. The van der Waals surface area contributed by atoms with Crippen LogP contribution in [-0.2, 0) is 17.5 Å². The summed E-state index contributed by atoms with van der Waals surface area (Å²) in [7, 11) is 0. The molecular formula is C27H24F5NO2. The van der Waals surface area contributed by atoms with Crippen LogP contribution in [0.4, 0.5) is 26.7 Å². The highest BCUT2D eigenvalue weighted by Crippen LogP contribution is 2.36. The quantitative estimate of drug-likeness (QED) is 0.341. The van der Waals surface area contributed by atoms with Crippen molar-refractivity contribution >= 4 is 6.09 Å². The number of benzene rings is 3. The molecule has 8 heteroatoms. The van der Waals surface area contributed by atoms with E-state index in [0.717, 1.165) is 28.8 Å². The monoisotopic (exact) mass is 489 g/mol. The molecule has 3 aromatic carbocycles. The molecular weight excluding hydrogens is 465 g/mol. The van der Waals surface area contributed by atoms with Crippen molar-refractivity contribution < 1.29 is 31.5 Å². The maximum atomic E-state index is 13.3. The summed E-state index contributed by atoms with van der Waals surface area (Å²) in [6, 6.07) is 13.7. The molecule has 1 unspecified atom stereocenters. The number of ether oxygens (including phenoxy) is 1. The number of carbonyl (C=O) groups is 1. The lowest BCUT2D eigenvalue weighted by Crippen LogP contribution is -2.24. The van der Waals surface area contributed by atoms with Crippen LogP contribution in [0, 0.1) is 20.8 Å². The summed E-state index contributed by atoms with van der Waals surface area (Å²) >= 11 is 0. The van der Waals surface area contributed by atoms with Crippen LogP contribution >= 0.6 is 0 Å². The Bertz CT molecular complexity index is 1270. The minimum Gasteiger partial charge on any atom is -0.439 e. The first kappa shape index (κ1) is 24.7. The first-order chi connectivity index (χ1) is 16.4. The lowest BCUT2D eigenvalue weighted by molar-refractivity contribution is -0.137. The standard InChI is InChI=1S/C27H24F5NO2/c1-15-4-7-22(23-12-18(25(28)29)6-5-17(23)3)20(8-15)13-33-14-24(35-26(33)34)19-9-16(2)10-21(11-19)27(30,31)32/h4-12,24-25H,13-14H2,1-3H3. The highest BCUT2D eigenvalue weighted by Gasteiger charge is 2.36. The molecule has 0 aliphatic carbocycles. The van der Waals surface area contributed by atoms with E-state index in [4.69, 9.17) is 4.74 Å². The van der Waals surface area contributed by atoms with Gasteiger partial charge in [0.05, 0.1) is 12.1 Å². The van der Waals surface area contributed by atoms with Gasteiger partial charge in [-0.05, 0) is 66.8 Å². The van der Waals surface area contributed by atoms with Crippen molar-refractivity contribution in [2.45, 2.75) is 46.0 Å². The summed E-state index contributed by atoms with van der Waals surface area (Å²) < 4.78 is 71.9. The van der Waals surface area contributed by atoms with E-state index in [0.29, 0.717) is 16.7 Å². The van der Waals surface area contributed by atoms with E-state index in [1.165, 1.54) is 17.0 Å². The van der Waals surface area contributed by atoms with E-state index in [1.54, 1.807) is 19.1 Å². The van der Waals surface area contributed by atoms with E-state index in [2.05, 4.69) is 0 Å². The lowest BCUT2D eigenvalue weighted by atomic mass is 9.93. The highest BCUT2D eigenvalue weighted by atomic mass is 19.4. The minimum atomic E-state index is -4.51. The molecule has 1 fully saturated rings. The van der Waals surface area contributed by atoms with Gasteiger partial charge in [-0.15, -0.1) is 0 Å². The van der Waals surface area contributed by atoms with Gasteiger partial charge in [-0.2, -0.15) is 13.2 Å². The van der Waals surface area contributed by atoms with Crippen molar-refractivity contribution in [3.8, 4) is 11.1 Å². The van der Waals surface area contributed by atoms with Crippen LogP contribution in [0.5, 0.6) is 0 Å². The Morgan fingerprint density at radius 1 is 0.943 bits per heavy atom. The third-order valence-electron chi connectivity index (χ3n) is 6.11. The van der Waals surface area contributed by atoms with Crippen LogP contribution in [0.1, 0.15) is 51.5 Å². The summed E-state index contributed by atoms with van der Waals surface area (Å²) in [5.74, 6) is 0. The fourth-order valence-electron chi connectivity index (χ4n) is 4.36. The first-order valence-electron chi connectivity index (χ1n) is 11.1. The third-order valence-corrected chi connectivity index (χ3v) is 6.11. The van der Waals surface area contributed by atoms with E-state index in [9.17, 15) is 26.7 Å². The SMILES string of the molecule is Cc1cc(C2CN(Cc3cc(C)ccc3-c3cc(C(F)F)ccc3C)C(=O)O2)cc(C(F)(F)F)c1. The van der Waals surface area contributed by atoms with Gasteiger partial charge in [0.1, 0.15) is 6.10 Å². The number of amides is 1. The number of carbonyl (C=O) groups excluding carboxylic acids is 1. The van der Waals surface area contributed by atoms with Gasteiger partial charge < -0.3 is 4.74 Å². The molecule has 1 aliphatic rings. The van der Waals surface area contributed by atoms with Gasteiger partial charge in [-0.1, -0.05) is 47.5 Å². The molecule has 1 heterocycles. The number of aryl methyl sites for hydroxylation is 3. The lowest BCUT2D eigenvalue weighted by Gasteiger charge is -2.19. The number of halogens is 5. The van der Waals surface area contributed by atoms with Crippen molar-refractivity contribution in [3.63, 3.8) is 0 Å². The van der Waals surface area contributed by atoms with Gasteiger partial charge in [0.2, 0.25) is 0 Å². The average Bonchev–Trinajstić information content (AvgIpc) is 3.13. The molecule has 1 atom stereocenters. The van der Waals surface area contributed by atoms with Gasteiger partial charge in [0, 0.05) is 12.1 Å². The Morgan fingerprint density at radius 3 is 2.37 bits per heavy atom. The zero-order valence-electron chi connectivity index (χ0n) is 19.4. The van der Waals surface area contributed by atoms with Crippen molar-refractivity contribution in [3.05, 3.63) is 93.5 Å². The molecule has 0 radical (unpaired) electrons. The Morgan fingerprint density at radius 2 is 1.69 bits per heavy atom. The second-order valence-electron chi connectivity index (χ2n) is 8.92. The van der Waals surface area contributed by atoms with Gasteiger partial charge in [-0.3, -0.25) is 4.90 Å². The zero-order chi connectivity index (χ0) is 25.5. The van der Waals surface area contributed by atoms with Crippen LogP contribution in [0.15, 0.2) is 54.6 Å². The molecule has 0 aromatic heterocycles. The summed E-state index contributed by atoms with van der Waals surface area (Å²) in [6.45, 7) is 5.46. The first-order valence-corrected chi connectivity index (χ1v) is 11.1. The number of hydrogen-bond acceptors (Lipinski definition) is 2. The molecule has 0 bridgehead atoms. The predicted octanol–water partition coefficient (Wildman–Crippen LogP) is 7.93. The van der Waals surface area contributed by atoms with Crippen molar-refractivity contribution in [1.82, 2.24) is 4.90 Å². The van der Waals surface area contributed by atoms with E-state index < -0.39 is 30.4 Å². The van der Waals surface area contributed by atoms with Crippen LogP contribution in [-0.4, -0.2) is 17.5 Å². The molecule has 1 aliphatic heterocycles. The molecule has 1 amide bonds. The summed E-state index contributed by atoms with van der Waals surface area (Å²) in [5.41, 5.74) is 3.60. The highest BCUT2D eigenvalue weighted by molar-refractivity contribution is 5.74. The maximum absolute atomic E-state index is 13.3. The number of nitrogens with zero attached hydrogens (tertiary/aromatic N) is 1. The number of alkyl halides is 5. The second kappa shape index (κ2) is 9.32. The summed E-state index contributed by atoms with van der Waals surface area (Å²) in [6.07, 6.45) is -8.62. The van der Waals surface area contributed by atoms with Crippen LogP contribution < -0.4 is 0 Å². The Kier molecular flexibility index (Phi) is 6.58. The molecule has 0 N–H and O–H groups in total. The largest absolute Gasteiger partial charge is 0.439 e. The molecule has 184 valence electrons. The van der Waals surface area contributed by atoms with Crippen LogP contribution in [0.3, 0.4) is 0 Å². The Hall–Kier alpha value is -3.42. The van der Waals surface area contributed by atoms with E-state index >= 15 is 0 Å². The third kappa shape index (κ3) is 5.31. The zero-order valence-corrected chi connectivity index (χ0v) is 19.4. The van der Waals surface area contributed by atoms with Gasteiger partial charge in [0.15, 0.2) is 0 Å². The molecule has 3 nitrogen and oxygen atoms in total. The summed E-state index contributed by atoms with van der Waals surface area (Å²) in [5, 5.41) is 0. The fraction of sp³-hybridized carbons (Fsp3) is 0.296. The van der Waals surface area contributed by atoms with Gasteiger partial charge in [-0.25, -0.2) is 13.6 Å². The van der Waals surface area contributed by atoms with Crippen molar-refractivity contribution in [1.29, 1.82) is 0 Å². The van der Waals surface area contributed by atoms with Gasteiger partial charge >= 0.3 is 12.3 Å². The molecule has 0 saturated carbocycles.